The highest BCUT2D eigenvalue weighted by Gasteiger charge is 2.14. The molecule has 0 radical (unpaired) electrons. The van der Waals surface area contributed by atoms with Gasteiger partial charge in [-0.1, -0.05) is 26.0 Å². The van der Waals surface area contributed by atoms with Crippen molar-refractivity contribution in [1.29, 1.82) is 0 Å². The number of hydrogen-bond donors (Lipinski definition) is 1. The van der Waals surface area contributed by atoms with Crippen LogP contribution in [-0.4, -0.2) is 30.2 Å². The highest BCUT2D eigenvalue weighted by molar-refractivity contribution is 5.23. The molecule has 3 heteroatoms. The molecule has 1 aromatic carbocycles. The quantitative estimate of drug-likeness (QED) is 0.842. The Kier molecular flexibility index (Phi) is 5.76. The summed E-state index contributed by atoms with van der Waals surface area (Å²) >= 11 is 0. The van der Waals surface area contributed by atoms with Crippen LogP contribution in [0.5, 0.6) is 0 Å². The first-order valence-corrected chi connectivity index (χ1v) is 6.48. The second kappa shape index (κ2) is 6.86. The summed E-state index contributed by atoms with van der Waals surface area (Å²) in [7, 11) is 2.03. The van der Waals surface area contributed by atoms with Crippen LogP contribution in [0.15, 0.2) is 18.2 Å². The van der Waals surface area contributed by atoms with Gasteiger partial charge in [0.05, 0.1) is 0 Å². The molecule has 1 N–H and O–H groups in total. The molecule has 1 unspecified atom stereocenters. The Hall–Kier alpha value is -0.930. The molecule has 0 spiro atoms. The van der Waals surface area contributed by atoms with Gasteiger partial charge in [0, 0.05) is 19.7 Å². The van der Waals surface area contributed by atoms with Gasteiger partial charge in [0.2, 0.25) is 0 Å². The predicted octanol–water partition coefficient (Wildman–Crippen LogP) is 2.83. The molecule has 1 rings (SSSR count). The van der Waals surface area contributed by atoms with Crippen molar-refractivity contribution in [3.63, 3.8) is 0 Å². The average Bonchev–Trinajstić information content (AvgIpc) is 2.30. The van der Waals surface area contributed by atoms with Crippen LogP contribution in [-0.2, 0) is 6.54 Å². The first kappa shape index (κ1) is 15.1. The molecule has 18 heavy (non-hydrogen) atoms. The SMILES string of the molecule is Cc1cc(CN(C)CC(CO)C(C)C)ccc1F. The smallest absolute Gasteiger partial charge is 0.126 e. The van der Waals surface area contributed by atoms with Gasteiger partial charge < -0.3 is 10.0 Å². The number of aryl methyl sites for hydroxylation is 1. The summed E-state index contributed by atoms with van der Waals surface area (Å²) in [4.78, 5) is 2.17. The zero-order valence-corrected chi connectivity index (χ0v) is 11.8. The van der Waals surface area contributed by atoms with Crippen LogP contribution in [0.4, 0.5) is 4.39 Å². The number of rotatable bonds is 6. The minimum atomic E-state index is -0.156. The van der Waals surface area contributed by atoms with Crippen LogP contribution < -0.4 is 0 Å². The molecule has 0 heterocycles. The average molecular weight is 253 g/mol. The first-order valence-electron chi connectivity index (χ1n) is 6.48. The maximum Gasteiger partial charge on any atom is 0.126 e. The number of benzene rings is 1. The van der Waals surface area contributed by atoms with Crippen LogP contribution in [0.25, 0.3) is 0 Å². The van der Waals surface area contributed by atoms with Gasteiger partial charge in [-0.2, -0.15) is 0 Å². The third-order valence-electron chi connectivity index (χ3n) is 3.40. The number of halogens is 1. The van der Waals surface area contributed by atoms with Gasteiger partial charge >= 0.3 is 0 Å². The number of nitrogens with zero attached hydrogens (tertiary/aromatic N) is 1. The van der Waals surface area contributed by atoms with E-state index < -0.39 is 0 Å². The molecule has 0 aliphatic carbocycles. The third-order valence-corrected chi connectivity index (χ3v) is 3.40. The van der Waals surface area contributed by atoms with Crippen LogP contribution >= 0.6 is 0 Å². The number of aliphatic hydroxyl groups is 1. The van der Waals surface area contributed by atoms with Crippen LogP contribution in [0.2, 0.25) is 0 Å². The molecule has 1 aromatic rings. The molecule has 1 atom stereocenters. The van der Waals surface area contributed by atoms with Gasteiger partial charge in [0.15, 0.2) is 0 Å². The molecule has 0 amide bonds. The summed E-state index contributed by atoms with van der Waals surface area (Å²) in [6.45, 7) is 7.87. The zero-order chi connectivity index (χ0) is 13.7. The molecule has 0 aromatic heterocycles. The van der Waals surface area contributed by atoms with Crippen molar-refractivity contribution in [2.24, 2.45) is 11.8 Å². The zero-order valence-electron chi connectivity index (χ0n) is 11.8. The minimum Gasteiger partial charge on any atom is -0.396 e. The van der Waals surface area contributed by atoms with E-state index >= 15 is 0 Å². The molecule has 0 fully saturated rings. The molecule has 2 nitrogen and oxygen atoms in total. The third kappa shape index (κ3) is 4.39. The predicted molar refractivity (Wildman–Crippen MR) is 72.9 cm³/mol. The van der Waals surface area contributed by atoms with Gasteiger partial charge in [0.1, 0.15) is 5.82 Å². The van der Waals surface area contributed by atoms with E-state index in [2.05, 4.69) is 18.7 Å². The highest BCUT2D eigenvalue weighted by atomic mass is 19.1. The molecular weight excluding hydrogens is 229 g/mol. The van der Waals surface area contributed by atoms with E-state index in [-0.39, 0.29) is 18.3 Å². The molecule has 0 saturated heterocycles. The van der Waals surface area contributed by atoms with Crippen molar-refractivity contribution in [2.75, 3.05) is 20.2 Å². The standard InChI is InChI=1S/C15H24FNO/c1-11(2)14(10-18)9-17(4)8-13-5-6-15(16)12(3)7-13/h5-7,11,14,18H,8-10H2,1-4H3. The maximum atomic E-state index is 13.2. The Bertz CT molecular complexity index is 379. The molecule has 0 aliphatic rings. The fourth-order valence-electron chi connectivity index (χ4n) is 2.06. The van der Waals surface area contributed by atoms with Gasteiger partial charge in [-0.15, -0.1) is 0 Å². The van der Waals surface area contributed by atoms with E-state index in [0.717, 1.165) is 18.7 Å². The lowest BCUT2D eigenvalue weighted by molar-refractivity contribution is 0.143. The summed E-state index contributed by atoms with van der Waals surface area (Å²) in [5, 5.41) is 9.32. The maximum absolute atomic E-state index is 13.2. The van der Waals surface area contributed by atoms with E-state index in [4.69, 9.17) is 0 Å². The van der Waals surface area contributed by atoms with Crippen molar-refractivity contribution >= 4 is 0 Å². The lowest BCUT2D eigenvalue weighted by Crippen LogP contribution is -2.30. The summed E-state index contributed by atoms with van der Waals surface area (Å²) in [5.41, 5.74) is 1.79. The van der Waals surface area contributed by atoms with Gasteiger partial charge in [0.25, 0.3) is 0 Å². The topological polar surface area (TPSA) is 23.5 Å². The van der Waals surface area contributed by atoms with Gasteiger partial charge in [-0.05, 0) is 43.0 Å². The Labute approximate surface area is 109 Å². The van der Waals surface area contributed by atoms with Crippen molar-refractivity contribution in [2.45, 2.75) is 27.3 Å². The van der Waals surface area contributed by atoms with Crippen LogP contribution in [0, 0.1) is 24.6 Å². The van der Waals surface area contributed by atoms with E-state index in [0.29, 0.717) is 11.5 Å². The number of hydrogen-bond acceptors (Lipinski definition) is 2. The van der Waals surface area contributed by atoms with Gasteiger partial charge in [-0.3, -0.25) is 0 Å². The Morgan fingerprint density at radius 1 is 1.33 bits per heavy atom. The second-order valence-corrected chi connectivity index (χ2v) is 5.47. The molecule has 0 bridgehead atoms. The monoisotopic (exact) mass is 253 g/mol. The van der Waals surface area contributed by atoms with Crippen molar-refractivity contribution in [3.8, 4) is 0 Å². The molecule has 0 aliphatic heterocycles. The van der Waals surface area contributed by atoms with Crippen molar-refractivity contribution in [3.05, 3.63) is 35.1 Å². The van der Waals surface area contributed by atoms with Crippen LogP contribution in [0.3, 0.4) is 0 Å². The Morgan fingerprint density at radius 2 is 2.00 bits per heavy atom. The fourth-order valence-corrected chi connectivity index (χ4v) is 2.06. The second-order valence-electron chi connectivity index (χ2n) is 5.47. The molecule has 0 saturated carbocycles. The Balaban J connectivity index is 2.58. The summed E-state index contributed by atoms with van der Waals surface area (Å²) < 4.78 is 13.2. The fraction of sp³-hybridized carbons (Fsp3) is 0.600. The summed E-state index contributed by atoms with van der Waals surface area (Å²) in [6.07, 6.45) is 0. The summed E-state index contributed by atoms with van der Waals surface area (Å²) in [6, 6.07) is 5.22. The Morgan fingerprint density at radius 3 is 2.50 bits per heavy atom. The minimum absolute atomic E-state index is 0.156. The number of aliphatic hydroxyl groups excluding tert-OH is 1. The van der Waals surface area contributed by atoms with E-state index in [9.17, 15) is 9.50 Å². The molecule has 102 valence electrons. The van der Waals surface area contributed by atoms with E-state index in [1.54, 1.807) is 6.92 Å². The van der Waals surface area contributed by atoms with E-state index in [1.807, 2.05) is 19.2 Å². The highest BCUT2D eigenvalue weighted by Crippen LogP contribution is 2.14. The van der Waals surface area contributed by atoms with Crippen molar-refractivity contribution < 1.29 is 9.50 Å². The van der Waals surface area contributed by atoms with Crippen LogP contribution in [0.1, 0.15) is 25.0 Å². The molecular formula is C15H24FNO. The summed E-state index contributed by atoms with van der Waals surface area (Å²) in [5.74, 6) is 0.598. The van der Waals surface area contributed by atoms with Gasteiger partial charge in [-0.25, -0.2) is 4.39 Å². The normalized spacial score (nSPS) is 13.3. The first-order chi connectivity index (χ1) is 8.43. The lowest BCUT2D eigenvalue weighted by Gasteiger charge is -2.25. The lowest BCUT2D eigenvalue weighted by atomic mass is 9.96. The van der Waals surface area contributed by atoms with E-state index in [1.165, 1.54) is 6.07 Å². The largest absolute Gasteiger partial charge is 0.396 e. The van der Waals surface area contributed by atoms with Crippen molar-refractivity contribution in [1.82, 2.24) is 4.90 Å².